The molecule has 0 aromatic heterocycles. The molecule has 1 saturated heterocycles. The molecule has 0 N–H and O–H groups in total. The first-order chi connectivity index (χ1) is 8.41. The van der Waals surface area contributed by atoms with Gasteiger partial charge >= 0.3 is 0 Å². The molecule has 0 spiro atoms. The molecule has 100 valence electrons. The van der Waals surface area contributed by atoms with Gasteiger partial charge in [-0.25, -0.2) is 8.42 Å². The van der Waals surface area contributed by atoms with Crippen molar-refractivity contribution >= 4 is 21.6 Å². The van der Waals surface area contributed by atoms with Crippen LogP contribution in [-0.2, 0) is 10.0 Å². The van der Waals surface area contributed by atoms with E-state index in [0.29, 0.717) is 18.0 Å². The fraction of sp³-hybridized carbons (Fsp3) is 0.538. The highest BCUT2D eigenvalue weighted by Gasteiger charge is 2.29. The van der Waals surface area contributed by atoms with Crippen molar-refractivity contribution in [3.8, 4) is 0 Å². The Morgan fingerprint density at radius 3 is 2.61 bits per heavy atom. The molecule has 0 amide bonds. The third kappa shape index (κ3) is 2.71. The zero-order valence-corrected chi connectivity index (χ0v) is 12.3. The van der Waals surface area contributed by atoms with Gasteiger partial charge in [0.2, 0.25) is 10.0 Å². The van der Waals surface area contributed by atoms with Crippen molar-refractivity contribution in [1.82, 2.24) is 4.31 Å². The first-order valence-electron chi connectivity index (χ1n) is 6.13. The van der Waals surface area contributed by atoms with E-state index in [0.717, 1.165) is 24.0 Å². The Morgan fingerprint density at radius 2 is 2.00 bits per heavy atom. The molecule has 2 rings (SSSR count). The molecule has 1 atom stereocenters. The van der Waals surface area contributed by atoms with E-state index >= 15 is 0 Å². The third-order valence-corrected chi connectivity index (χ3v) is 5.66. The number of hydrogen-bond acceptors (Lipinski definition) is 2. The highest BCUT2D eigenvalue weighted by atomic mass is 35.5. The van der Waals surface area contributed by atoms with Gasteiger partial charge in [0.15, 0.2) is 0 Å². The molecule has 3 nitrogen and oxygen atoms in total. The van der Waals surface area contributed by atoms with Gasteiger partial charge in [0, 0.05) is 18.5 Å². The molecule has 1 heterocycles. The first-order valence-corrected chi connectivity index (χ1v) is 8.00. The standard InChI is InChI=1S/C13H18ClNO2S/c1-10-5-6-13(8-11(10)2)18(16,17)15-7-3-4-12(14)9-15/h5-6,8,12H,3-4,7,9H2,1-2H3. The van der Waals surface area contributed by atoms with Gasteiger partial charge in [-0.3, -0.25) is 0 Å². The molecule has 0 aliphatic carbocycles. The molecular weight excluding hydrogens is 270 g/mol. The van der Waals surface area contributed by atoms with Crippen molar-refractivity contribution in [1.29, 1.82) is 0 Å². The van der Waals surface area contributed by atoms with Crippen molar-refractivity contribution in [2.75, 3.05) is 13.1 Å². The number of halogens is 1. The van der Waals surface area contributed by atoms with Crippen molar-refractivity contribution in [3.63, 3.8) is 0 Å². The molecule has 1 unspecified atom stereocenters. The molecule has 18 heavy (non-hydrogen) atoms. The van der Waals surface area contributed by atoms with Crippen molar-refractivity contribution in [2.45, 2.75) is 37.0 Å². The summed E-state index contributed by atoms with van der Waals surface area (Å²) in [5.74, 6) is 0. The topological polar surface area (TPSA) is 37.4 Å². The molecule has 1 aliphatic heterocycles. The summed E-state index contributed by atoms with van der Waals surface area (Å²) in [6.07, 6.45) is 1.72. The number of alkyl halides is 1. The van der Waals surface area contributed by atoms with E-state index in [2.05, 4.69) is 0 Å². The van der Waals surface area contributed by atoms with Gasteiger partial charge < -0.3 is 0 Å². The quantitative estimate of drug-likeness (QED) is 0.784. The van der Waals surface area contributed by atoms with Gasteiger partial charge in [0.25, 0.3) is 0 Å². The summed E-state index contributed by atoms with van der Waals surface area (Å²) < 4.78 is 26.4. The van der Waals surface area contributed by atoms with E-state index in [-0.39, 0.29) is 5.38 Å². The molecule has 0 bridgehead atoms. The predicted molar refractivity (Wildman–Crippen MR) is 73.5 cm³/mol. The maximum atomic E-state index is 12.5. The lowest BCUT2D eigenvalue weighted by atomic mass is 10.1. The highest BCUT2D eigenvalue weighted by molar-refractivity contribution is 7.89. The van der Waals surface area contributed by atoms with Gasteiger partial charge in [0.05, 0.1) is 4.90 Å². The predicted octanol–water partition coefficient (Wildman–Crippen LogP) is 2.70. The minimum absolute atomic E-state index is 0.0694. The van der Waals surface area contributed by atoms with Crippen LogP contribution >= 0.6 is 11.6 Å². The van der Waals surface area contributed by atoms with E-state index in [1.807, 2.05) is 19.9 Å². The zero-order valence-electron chi connectivity index (χ0n) is 10.7. The monoisotopic (exact) mass is 287 g/mol. The molecule has 1 aromatic rings. The lowest BCUT2D eigenvalue weighted by Gasteiger charge is -2.29. The molecule has 5 heteroatoms. The average molecular weight is 288 g/mol. The number of nitrogens with zero attached hydrogens (tertiary/aromatic N) is 1. The van der Waals surface area contributed by atoms with Crippen molar-refractivity contribution < 1.29 is 8.42 Å². The summed E-state index contributed by atoms with van der Waals surface area (Å²) in [5, 5.41) is -0.0694. The van der Waals surface area contributed by atoms with Crippen LogP contribution in [-0.4, -0.2) is 31.2 Å². The molecular formula is C13H18ClNO2S. The average Bonchev–Trinajstić information content (AvgIpc) is 2.32. The molecule has 1 aromatic carbocycles. The summed E-state index contributed by atoms with van der Waals surface area (Å²) in [4.78, 5) is 0.372. The van der Waals surface area contributed by atoms with Gasteiger partial charge in [-0.2, -0.15) is 4.31 Å². The smallest absolute Gasteiger partial charge is 0.207 e. The molecule has 1 fully saturated rings. The summed E-state index contributed by atoms with van der Waals surface area (Å²) >= 11 is 6.06. The van der Waals surface area contributed by atoms with Crippen LogP contribution in [0.2, 0.25) is 0 Å². The first kappa shape index (κ1) is 13.8. The van der Waals surface area contributed by atoms with Gasteiger partial charge in [-0.15, -0.1) is 11.6 Å². The van der Waals surface area contributed by atoms with E-state index in [9.17, 15) is 8.42 Å². The fourth-order valence-electron chi connectivity index (χ4n) is 2.13. The van der Waals surface area contributed by atoms with E-state index in [4.69, 9.17) is 11.6 Å². The highest BCUT2D eigenvalue weighted by Crippen LogP contribution is 2.24. The van der Waals surface area contributed by atoms with Crippen LogP contribution in [0.5, 0.6) is 0 Å². The third-order valence-electron chi connectivity index (χ3n) is 3.44. The van der Waals surface area contributed by atoms with Crippen LogP contribution in [0, 0.1) is 13.8 Å². The Morgan fingerprint density at radius 1 is 1.28 bits per heavy atom. The molecule has 1 aliphatic rings. The van der Waals surface area contributed by atoms with Crippen LogP contribution in [0.3, 0.4) is 0 Å². The Balaban J connectivity index is 2.32. The zero-order chi connectivity index (χ0) is 13.3. The summed E-state index contributed by atoms with van der Waals surface area (Å²) in [5.41, 5.74) is 2.10. The van der Waals surface area contributed by atoms with Crippen LogP contribution in [0.1, 0.15) is 24.0 Å². The van der Waals surface area contributed by atoms with E-state index < -0.39 is 10.0 Å². The van der Waals surface area contributed by atoms with Crippen LogP contribution in [0.15, 0.2) is 23.1 Å². The maximum absolute atomic E-state index is 12.5. The number of benzene rings is 1. The number of sulfonamides is 1. The summed E-state index contributed by atoms with van der Waals surface area (Å²) in [6.45, 7) is 4.88. The van der Waals surface area contributed by atoms with E-state index in [1.54, 1.807) is 12.1 Å². The number of rotatable bonds is 2. The minimum atomic E-state index is -3.39. The lowest BCUT2D eigenvalue weighted by Crippen LogP contribution is -2.40. The number of hydrogen-bond donors (Lipinski definition) is 0. The maximum Gasteiger partial charge on any atom is 0.243 e. The second-order valence-corrected chi connectivity index (χ2v) is 7.40. The van der Waals surface area contributed by atoms with Crippen molar-refractivity contribution in [3.05, 3.63) is 29.3 Å². The lowest BCUT2D eigenvalue weighted by molar-refractivity contribution is 0.350. The van der Waals surface area contributed by atoms with Gasteiger partial charge in [0.1, 0.15) is 0 Å². The molecule has 0 saturated carbocycles. The minimum Gasteiger partial charge on any atom is -0.207 e. The van der Waals surface area contributed by atoms with Crippen LogP contribution in [0.25, 0.3) is 0 Å². The molecule has 0 radical (unpaired) electrons. The fourth-order valence-corrected chi connectivity index (χ4v) is 4.15. The summed E-state index contributed by atoms with van der Waals surface area (Å²) in [6, 6.07) is 5.27. The van der Waals surface area contributed by atoms with E-state index in [1.165, 1.54) is 4.31 Å². The Kier molecular flexibility index (Phi) is 3.99. The van der Waals surface area contributed by atoms with Gasteiger partial charge in [-0.05, 0) is 49.9 Å². The van der Waals surface area contributed by atoms with Crippen LogP contribution < -0.4 is 0 Å². The number of aryl methyl sites for hydroxylation is 2. The normalized spacial score (nSPS) is 22.1. The van der Waals surface area contributed by atoms with Crippen molar-refractivity contribution in [2.24, 2.45) is 0 Å². The SMILES string of the molecule is Cc1ccc(S(=O)(=O)N2CCCC(Cl)C2)cc1C. The summed E-state index contributed by atoms with van der Waals surface area (Å²) in [7, 11) is -3.39. The largest absolute Gasteiger partial charge is 0.243 e. The van der Waals surface area contributed by atoms with Crippen LogP contribution in [0.4, 0.5) is 0 Å². The second-order valence-electron chi connectivity index (χ2n) is 4.85. The van der Waals surface area contributed by atoms with Gasteiger partial charge in [-0.1, -0.05) is 6.07 Å². The Bertz CT molecular complexity index is 542. The second kappa shape index (κ2) is 5.19. The Labute approximate surface area is 114 Å². The number of piperidine rings is 1. The Hall–Kier alpha value is -0.580.